The van der Waals surface area contributed by atoms with Crippen molar-refractivity contribution in [1.82, 2.24) is 0 Å². The molecule has 0 radical (unpaired) electrons. The van der Waals surface area contributed by atoms with E-state index in [0.29, 0.717) is 0 Å². The number of aryl methyl sites for hydroxylation is 1. The highest BCUT2D eigenvalue weighted by Gasteiger charge is 2.05. The van der Waals surface area contributed by atoms with Crippen LogP contribution in [0.15, 0.2) is 12.1 Å². The molecule has 1 rings (SSSR count). The largest absolute Gasteiger partial charge is 0.290 e. The molecule has 0 saturated carbocycles. The molecule has 0 saturated heterocycles. The van der Waals surface area contributed by atoms with E-state index in [4.69, 9.17) is 5.26 Å². The molecule has 0 aromatic heterocycles. The summed E-state index contributed by atoms with van der Waals surface area (Å²) in [4.78, 5) is 0. The fraction of sp³-hybridized carbons (Fsp3) is 0.125. The summed E-state index contributed by atoms with van der Waals surface area (Å²) >= 11 is 0. The van der Waals surface area contributed by atoms with Crippen molar-refractivity contribution in [2.45, 2.75) is 6.92 Å². The fourth-order valence-electron chi connectivity index (χ4n) is 0.802. The van der Waals surface area contributed by atoms with Gasteiger partial charge >= 0.3 is 0 Å². The second-order valence-electron chi connectivity index (χ2n) is 2.32. The molecule has 4 heteroatoms. The molecule has 0 heterocycles. The lowest BCUT2D eigenvalue weighted by molar-refractivity contribution is 0.596. The van der Waals surface area contributed by atoms with Crippen molar-refractivity contribution in [1.29, 1.82) is 5.26 Å². The van der Waals surface area contributed by atoms with Crippen LogP contribution in [-0.2, 0) is 0 Å². The average Bonchev–Trinajstić information content (AvgIpc) is 2.01. The number of nitrogens with one attached hydrogen (secondary N) is 1. The first-order chi connectivity index (χ1) is 5.65. The van der Waals surface area contributed by atoms with E-state index in [1.165, 1.54) is 13.1 Å². The molecule has 0 bridgehead atoms. The number of hydrogen-bond donors (Lipinski definition) is 1. The Morgan fingerprint density at radius 1 is 1.33 bits per heavy atom. The lowest BCUT2D eigenvalue weighted by Gasteiger charge is -2.01. The molecule has 0 atom stereocenters. The molecule has 1 aromatic carbocycles. The summed E-state index contributed by atoms with van der Waals surface area (Å²) in [6.45, 7) is 1.45. The second kappa shape index (κ2) is 3.18. The van der Waals surface area contributed by atoms with Crippen molar-refractivity contribution < 1.29 is 8.78 Å². The van der Waals surface area contributed by atoms with Crippen LogP contribution in [0.5, 0.6) is 0 Å². The highest BCUT2D eigenvalue weighted by atomic mass is 19.1. The second-order valence-corrected chi connectivity index (χ2v) is 2.32. The zero-order chi connectivity index (χ0) is 9.14. The normalized spacial score (nSPS) is 9.17. The smallest absolute Gasteiger partial charge is 0.181 e. The van der Waals surface area contributed by atoms with Gasteiger partial charge in [0.15, 0.2) is 6.19 Å². The molecule has 0 spiro atoms. The van der Waals surface area contributed by atoms with Crippen LogP contribution >= 0.6 is 0 Å². The number of nitriles is 1. The number of hydrogen-bond acceptors (Lipinski definition) is 2. The fourth-order valence-corrected chi connectivity index (χ4v) is 0.802. The molecule has 0 unspecified atom stereocenters. The van der Waals surface area contributed by atoms with Crippen LogP contribution in [0, 0.1) is 30.0 Å². The SMILES string of the molecule is Cc1cc(F)c(NC#N)cc1F. The third-order valence-electron chi connectivity index (χ3n) is 1.44. The lowest BCUT2D eigenvalue weighted by atomic mass is 10.2. The third kappa shape index (κ3) is 1.51. The van der Waals surface area contributed by atoms with Gasteiger partial charge < -0.3 is 0 Å². The predicted octanol–water partition coefficient (Wildman–Crippen LogP) is 2.17. The molecule has 62 valence electrons. The van der Waals surface area contributed by atoms with Gasteiger partial charge in [0.05, 0.1) is 5.69 Å². The van der Waals surface area contributed by atoms with Gasteiger partial charge in [0.2, 0.25) is 0 Å². The first-order valence-electron chi connectivity index (χ1n) is 3.26. The van der Waals surface area contributed by atoms with Crippen LogP contribution in [-0.4, -0.2) is 0 Å². The van der Waals surface area contributed by atoms with Crippen molar-refractivity contribution in [3.05, 3.63) is 29.3 Å². The average molecular weight is 168 g/mol. The first kappa shape index (κ1) is 8.47. The van der Waals surface area contributed by atoms with Crippen LogP contribution < -0.4 is 5.32 Å². The van der Waals surface area contributed by atoms with Crippen LogP contribution in [0.2, 0.25) is 0 Å². The molecular weight excluding hydrogens is 162 g/mol. The topological polar surface area (TPSA) is 35.8 Å². The van der Waals surface area contributed by atoms with Crippen LogP contribution in [0.3, 0.4) is 0 Å². The molecule has 0 aliphatic carbocycles. The predicted molar refractivity (Wildman–Crippen MR) is 40.3 cm³/mol. The van der Waals surface area contributed by atoms with Crippen molar-refractivity contribution in [2.24, 2.45) is 0 Å². The molecular formula is C8H6F2N2. The number of benzene rings is 1. The quantitative estimate of drug-likeness (QED) is 0.515. The molecule has 12 heavy (non-hydrogen) atoms. The minimum atomic E-state index is -0.629. The minimum absolute atomic E-state index is 0.138. The van der Waals surface area contributed by atoms with Crippen LogP contribution in [0.4, 0.5) is 14.5 Å². The maximum atomic E-state index is 12.8. The summed E-state index contributed by atoms with van der Waals surface area (Å²) < 4.78 is 25.6. The minimum Gasteiger partial charge on any atom is -0.290 e. The first-order valence-corrected chi connectivity index (χ1v) is 3.26. The Morgan fingerprint density at radius 2 is 2.00 bits per heavy atom. The molecule has 0 aliphatic heterocycles. The van der Waals surface area contributed by atoms with E-state index in [9.17, 15) is 8.78 Å². The third-order valence-corrected chi connectivity index (χ3v) is 1.44. The van der Waals surface area contributed by atoms with Gasteiger partial charge in [-0.1, -0.05) is 0 Å². The lowest BCUT2D eigenvalue weighted by Crippen LogP contribution is -1.94. The van der Waals surface area contributed by atoms with Gasteiger partial charge in [-0.2, -0.15) is 5.26 Å². The van der Waals surface area contributed by atoms with Gasteiger partial charge in [0.25, 0.3) is 0 Å². The van der Waals surface area contributed by atoms with Crippen molar-refractivity contribution in [3.63, 3.8) is 0 Å². The van der Waals surface area contributed by atoms with Gasteiger partial charge in [-0.25, -0.2) is 8.78 Å². The van der Waals surface area contributed by atoms with Crippen LogP contribution in [0.1, 0.15) is 5.56 Å². The molecule has 0 amide bonds. The van der Waals surface area contributed by atoms with E-state index in [0.717, 1.165) is 12.1 Å². The van der Waals surface area contributed by atoms with E-state index in [2.05, 4.69) is 0 Å². The van der Waals surface area contributed by atoms with E-state index in [1.54, 1.807) is 0 Å². The van der Waals surface area contributed by atoms with E-state index < -0.39 is 11.6 Å². The summed E-state index contributed by atoms with van der Waals surface area (Å²) in [6.07, 6.45) is 1.51. The van der Waals surface area contributed by atoms with Gasteiger partial charge in [0.1, 0.15) is 11.6 Å². The summed E-state index contributed by atoms with van der Waals surface area (Å²) in [7, 11) is 0. The standard InChI is InChI=1S/C8H6F2N2/c1-5-2-7(10)8(12-4-11)3-6(5)9/h2-3,12H,1H3. The Kier molecular flexibility index (Phi) is 2.24. The number of halogens is 2. The monoisotopic (exact) mass is 168 g/mol. The van der Waals surface area contributed by atoms with Crippen molar-refractivity contribution in [3.8, 4) is 6.19 Å². The molecule has 1 N–H and O–H groups in total. The number of rotatable bonds is 1. The van der Waals surface area contributed by atoms with Crippen LogP contribution in [0.25, 0.3) is 0 Å². The summed E-state index contributed by atoms with van der Waals surface area (Å²) in [5.41, 5.74) is 0.0802. The maximum Gasteiger partial charge on any atom is 0.181 e. The number of anilines is 1. The van der Waals surface area contributed by atoms with E-state index >= 15 is 0 Å². The van der Waals surface area contributed by atoms with Gasteiger partial charge in [-0.15, -0.1) is 0 Å². The molecule has 2 nitrogen and oxygen atoms in total. The molecule has 1 aromatic rings. The van der Waals surface area contributed by atoms with Crippen molar-refractivity contribution >= 4 is 5.69 Å². The summed E-state index contributed by atoms with van der Waals surface area (Å²) in [6, 6.07) is 1.99. The highest BCUT2D eigenvalue weighted by Crippen LogP contribution is 2.17. The Balaban J connectivity index is 3.16. The van der Waals surface area contributed by atoms with Gasteiger partial charge in [0, 0.05) is 6.07 Å². The van der Waals surface area contributed by atoms with E-state index in [-0.39, 0.29) is 11.3 Å². The number of nitrogens with zero attached hydrogens (tertiary/aromatic N) is 1. The Morgan fingerprint density at radius 3 is 2.58 bits per heavy atom. The molecule has 0 fully saturated rings. The summed E-state index contributed by atoms with van der Waals surface area (Å²) in [5.74, 6) is -1.16. The Bertz CT molecular complexity index is 342. The maximum absolute atomic E-state index is 12.8. The Labute approximate surface area is 68.4 Å². The zero-order valence-electron chi connectivity index (χ0n) is 6.36. The van der Waals surface area contributed by atoms with Gasteiger partial charge in [-0.3, -0.25) is 5.32 Å². The molecule has 0 aliphatic rings. The summed E-state index contributed by atoms with van der Waals surface area (Å²) in [5, 5.41) is 10.2. The Hall–Kier alpha value is -1.63. The zero-order valence-corrected chi connectivity index (χ0v) is 6.36. The van der Waals surface area contributed by atoms with Crippen molar-refractivity contribution in [2.75, 3.05) is 5.32 Å². The highest BCUT2D eigenvalue weighted by molar-refractivity contribution is 5.49. The van der Waals surface area contributed by atoms with Gasteiger partial charge in [-0.05, 0) is 18.6 Å². The van der Waals surface area contributed by atoms with E-state index in [1.807, 2.05) is 5.32 Å².